The lowest BCUT2D eigenvalue weighted by Crippen LogP contribution is -2.08. The number of ether oxygens (including phenoxy) is 3. The molecule has 0 aliphatic carbocycles. The van der Waals surface area contributed by atoms with Crippen molar-refractivity contribution in [2.24, 2.45) is 0 Å². The number of rotatable bonds is 8. The van der Waals surface area contributed by atoms with Crippen LogP contribution in [0.15, 0.2) is 0 Å². The topological polar surface area (TPSA) is 27.7 Å². The molecule has 0 atom stereocenters. The highest BCUT2D eigenvalue weighted by Gasteiger charge is 1.88. The van der Waals surface area contributed by atoms with Gasteiger partial charge >= 0.3 is 0 Å². The number of terminal acetylenes is 1. The van der Waals surface area contributed by atoms with Crippen molar-refractivity contribution in [1.82, 2.24) is 0 Å². The van der Waals surface area contributed by atoms with Crippen molar-refractivity contribution in [2.75, 3.05) is 39.1 Å². The maximum atomic E-state index is 5.36. The Labute approximate surface area is 77.9 Å². The van der Waals surface area contributed by atoms with Crippen LogP contribution in [-0.4, -0.2) is 39.1 Å². The lowest BCUT2D eigenvalue weighted by Gasteiger charge is -2.03. The maximum absolute atomic E-state index is 5.36. The van der Waals surface area contributed by atoms with E-state index in [0.29, 0.717) is 32.3 Å². The van der Waals surface area contributed by atoms with E-state index in [4.69, 9.17) is 32.2 Å². The van der Waals surface area contributed by atoms with Crippen molar-refractivity contribution in [3.8, 4) is 12.3 Å². The van der Waals surface area contributed by atoms with Crippen molar-refractivity contribution in [3.05, 3.63) is 0 Å². The summed E-state index contributed by atoms with van der Waals surface area (Å²) >= 11 is 5.36. The molecule has 0 radical (unpaired) electrons. The van der Waals surface area contributed by atoms with E-state index >= 15 is 0 Å². The van der Waals surface area contributed by atoms with Crippen LogP contribution in [0.4, 0.5) is 0 Å². The van der Waals surface area contributed by atoms with Gasteiger partial charge in [-0.15, -0.1) is 18.0 Å². The zero-order chi connectivity index (χ0) is 9.07. The van der Waals surface area contributed by atoms with Crippen molar-refractivity contribution in [2.45, 2.75) is 0 Å². The van der Waals surface area contributed by atoms with E-state index in [0.717, 1.165) is 0 Å². The van der Waals surface area contributed by atoms with Gasteiger partial charge in [0.25, 0.3) is 0 Å². The molecule has 12 heavy (non-hydrogen) atoms. The van der Waals surface area contributed by atoms with Crippen molar-refractivity contribution < 1.29 is 14.2 Å². The van der Waals surface area contributed by atoms with E-state index in [1.165, 1.54) is 0 Å². The largest absolute Gasteiger partial charge is 0.366 e. The first-order valence-electron chi connectivity index (χ1n) is 3.64. The molecule has 0 bridgehead atoms. The number of halogens is 1. The molecule has 0 aliphatic heterocycles. The van der Waals surface area contributed by atoms with Gasteiger partial charge < -0.3 is 14.2 Å². The molecule has 0 saturated carbocycles. The molecule has 0 heterocycles. The van der Waals surface area contributed by atoms with Crippen LogP contribution in [0.2, 0.25) is 0 Å². The van der Waals surface area contributed by atoms with Crippen molar-refractivity contribution in [1.29, 1.82) is 0 Å². The number of alkyl halides is 1. The summed E-state index contributed by atoms with van der Waals surface area (Å²) in [5.41, 5.74) is 0. The summed E-state index contributed by atoms with van der Waals surface area (Å²) in [5.74, 6) is 2.84. The Morgan fingerprint density at radius 1 is 1.08 bits per heavy atom. The molecule has 3 nitrogen and oxygen atoms in total. The highest BCUT2D eigenvalue weighted by molar-refractivity contribution is 6.17. The van der Waals surface area contributed by atoms with Gasteiger partial charge in [-0.3, -0.25) is 0 Å². The molecule has 0 aromatic heterocycles. The molecule has 70 valence electrons. The van der Waals surface area contributed by atoms with Crippen LogP contribution in [0.25, 0.3) is 0 Å². The van der Waals surface area contributed by atoms with E-state index in [-0.39, 0.29) is 6.79 Å². The molecule has 0 amide bonds. The molecule has 0 spiro atoms. The quantitative estimate of drug-likeness (QED) is 0.247. The zero-order valence-electron chi connectivity index (χ0n) is 6.92. The van der Waals surface area contributed by atoms with Crippen molar-refractivity contribution >= 4 is 11.6 Å². The van der Waals surface area contributed by atoms with Gasteiger partial charge in [0, 0.05) is 5.88 Å². The molecule has 0 fully saturated rings. The SMILES string of the molecule is C#CCOCCOCOCCCl. The fourth-order valence-electron chi connectivity index (χ4n) is 0.480. The van der Waals surface area contributed by atoms with Crippen LogP contribution in [0.3, 0.4) is 0 Å². The third-order valence-electron chi connectivity index (χ3n) is 0.946. The summed E-state index contributed by atoms with van der Waals surface area (Å²) in [6.45, 7) is 2.07. The van der Waals surface area contributed by atoms with Gasteiger partial charge in [0.2, 0.25) is 0 Å². The second-order valence-corrected chi connectivity index (χ2v) is 2.26. The number of hydrogen-bond acceptors (Lipinski definition) is 3. The lowest BCUT2D eigenvalue weighted by atomic mass is 10.7. The summed E-state index contributed by atoms with van der Waals surface area (Å²) in [5, 5.41) is 0. The minimum atomic E-state index is 0.256. The van der Waals surface area contributed by atoms with Crippen LogP contribution >= 0.6 is 11.6 Å². The Kier molecular flexibility index (Phi) is 10.5. The first-order chi connectivity index (χ1) is 5.91. The average molecular weight is 193 g/mol. The van der Waals surface area contributed by atoms with Crippen LogP contribution in [0, 0.1) is 12.3 Å². The van der Waals surface area contributed by atoms with Crippen LogP contribution in [0.1, 0.15) is 0 Å². The van der Waals surface area contributed by atoms with E-state index in [9.17, 15) is 0 Å². The van der Waals surface area contributed by atoms with Crippen LogP contribution < -0.4 is 0 Å². The predicted molar refractivity (Wildman–Crippen MR) is 47.1 cm³/mol. The predicted octanol–water partition coefficient (Wildman–Crippen LogP) is 0.866. The molecule has 0 aromatic carbocycles. The highest BCUT2D eigenvalue weighted by atomic mass is 35.5. The normalized spacial score (nSPS) is 9.67. The van der Waals surface area contributed by atoms with E-state index in [2.05, 4.69) is 5.92 Å². The van der Waals surface area contributed by atoms with Gasteiger partial charge in [-0.05, 0) is 0 Å². The summed E-state index contributed by atoms with van der Waals surface area (Å²) < 4.78 is 14.9. The molecule has 0 aliphatic rings. The molecule has 4 heteroatoms. The second kappa shape index (κ2) is 10.7. The van der Waals surface area contributed by atoms with E-state index < -0.39 is 0 Å². The fraction of sp³-hybridized carbons (Fsp3) is 0.750. The monoisotopic (exact) mass is 192 g/mol. The third kappa shape index (κ3) is 9.73. The summed E-state index contributed by atoms with van der Waals surface area (Å²) in [6.07, 6.45) is 4.95. The molecular weight excluding hydrogens is 180 g/mol. The molecule has 0 unspecified atom stereocenters. The van der Waals surface area contributed by atoms with Gasteiger partial charge in [-0.2, -0.15) is 0 Å². The van der Waals surface area contributed by atoms with E-state index in [1.54, 1.807) is 0 Å². The second-order valence-electron chi connectivity index (χ2n) is 1.88. The Morgan fingerprint density at radius 3 is 2.42 bits per heavy atom. The van der Waals surface area contributed by atoms with Gasteiger partial charge in [0.05, 0.1) is 19.8 Å². The van der Waals surface area contributed by atoms with Crippen molar-refractivity contribution in [3.63, 3.8) is 0 Å². The maximum Gasteiger partial charge on any atom is 0.146 e. The molecule has 0 aromatic rings. The summed E-state index contributed by atoms with van der Waals surface area (Å²) in [7, 11) is 0. The molecular formula is C8H13ClO3. The first kappa shape index (κ1) is 11.7. The summed E-state index contributed by atoms with van der Waals surface area (Å²) in [6, 6.07) is 0. The Balaban J connectivity index is 2.78. The Morgan fingerprint density at radius 2 is 1.75 bits per heavy atom. The van der Waals surface area contributed by atoms with E-state index in [1.807, 2.05) is 0 Å². The third-order valence-corrected chi connectivity index (χ3v) is 1.10. The smallest absolute Gasteiger partial charge is 0.146 e. The minimum Gasteiger partial charge on any atom is -0.366 e. The first-order valence-corrected chi connectivity index (χ1v) is 4.18. The lowest BCUT2D eigenvalue weighted by molar-refractivity contribution is -0.0630. The molecule has 0 saturated heterocycles. The van der Waals surface area contributed by atoms with Gasteiger partial charge in [-0.25, -0.2) is 0 Å². The average Bonchev–Trinajstić information content (AvgIpc) is 2.10. The summed E-state index contributed by atoms with van der Waals surface area (Å²) in [4.78, 5) is 0. The molecule has 0 N–H and O–H groups in total. The van der Waals surface area contributed by atoms with Crippen LogP contribution in [-0.2, 0) is 14.2 Å². The fourth-order valence-corrected chi connectivity index (χ4v) is 0.589. The van der Waals surface area contributed by atoms with Crippen LogP contribution in [0.5, 0.6) is 0 Å². The molecule has 0 rings (SSSR count). The Hall–Kier alpha value is -0.270. The van der Waals surface area contributed by atoms with Gasteiger partial charge in [0.15, 0.2) is 0 Å². The zero-order valence-corrected chi connectivity index (χ0v) is 7.68. The van der Waals surface area contributed by atoms with Gasteiger partial charge in [-0.1, -0.05) is 5.92 Å². The number of hydrogen-bond donors (Lipinski definition) is 0. The standard InChI is InChI=1S/C8H13ClO3/c1-2-4-10-6-7-12-8-11-5-3-9/h1H,3-8H2. The van der Waals surface area contributed by atoms with Gasteiger partial charge in [0.1, 0.15) is 13.4 Å². The minimum absolute atomic E-state index is 0.256. The highest BCUT2D eigenvalue weighted by Crippen LogP contribution is 1.82. The Bertz CT molecular complexity index is 122.